The van der Waals surface area contributed by atoms with Crippen LogP contribution in [0, 0.1) is 11.8 Å². The van der Waals surface area contributed by atoms with Crippen molar-refractivity contribution >= 4 is 5.91 Å². The first kappa shape index (κ1) is 14.3. The van der Waals surface area contributed by atoms with E-state index in [0.29, 0.717) is 17.9 Å². The number of morpholine rings is 1. The number of likely N-dealkylation sites (tertiary alicyclic amines) is 1. The van der Waals surface area contributed by atoms with E-state index in [-0.39, 0.29) is 12.0 Å². The molecule has 2 aliphatic heterocycles. The van der Waals surface area contributed by atoms with E-state index in [4.69, 9.17) is 10.5 Å². The molecule has 0 bridgehead atoms. The lowest BCUT2D eigenvalue weighted by atomic mass is 10.0. The number of rotatable bonds is 2. The number of carbonyl (C=O) groups excluding carboxylic acids is 1. The minimum absolute atomic E-state index is 0.181. The van der Waals surface area contributed by atoms with Gasteiger partial charge in [-0.05, 0) is 25.2 Å². The van der Waals surface area contributed by atoms with Crippen molar-refractivity contribution in [3.63, 3.8) is 0 Å². The number of ether oxygens (including phenoxy) is 1. The van der Waals surface area contributed by atoms with Crippen molar-refractivity contribution < 1.29 is 9.53 Å². The molecule has 5 nitrogen and oxygen atoms in total. The molecule has 1 amide bonds. The quantitative estimate of drug-likeness (QED) is 0.790. The third kappa shape index (κ3) is 2.85. The van der Waals surface area contributed by atoms with Gasteiger partial charge in [-0.15, -0.1) is 0 Å². The Morgan fingerprint density at radius 1 is 1.20 bits per heavy atom. The van der Waals surface area contributed by atoms with E-state index in [1.54, 1.807) is 0 Å². The Hall–Kier alpha value is -0.650. The van der Waals surface area contributed by atoms with Gasteiger partial charge >= 0.3 is 0 Å². The van der Waals surface area contributed by atoms with Gasteiger partial charge in [0.2, 0.25) is 5.91 Å². The summed E-state index contributed by atoms with van der Waals surface area (Å²) in [5.41, 5.74) is 5.94. The molecular weight excluding hydrogens is 254 g/mol. The van der Waals surface area contributed by atoms with Crippen molar-refractivity contribution in [1.82, 2.24) is 9.80 Å². The second-order valence-electron chi connectivity index (χ2n) is 6.71. The summed E-state index contributed by atoms with van der Waals surface area (Å²) in [5, 5.41) is 0. The standard InChI is InChI=1S/C15H27N3O2/c1-11-9-18(15(19)12-2-3-13(16)8-12)10-14(11)17-4-6-20-7-5-17/h11-14H,2-10,16H2,1H3. The minimum Gasteiger partial charge on any atom is -0.379 e. The molecule has 5 heteroatoms. The van der Waals surface area contributed by atoms with Crippen LogP contribution in [0.1, 0.15) is 26.2 Å². The van der Waals surface area contributed by atoms with Crippen LogP contribution in [0.5, 0.6) is 0 Å². The van der Waals surface area contributed by atoms with E-state index in [9.17, 15) is 4.79 Å². The number of hydrogen-bond donors (Lipinski definition) is 1. The number of amides is 1. The van der Waals surface area contributed by atoms with E-state index in [0.717, 1.165) is 58.7 Å². The molecule has 2 saturated heterocycles. The van der Waals surface area contributed by atoms with E-state index in [1.165, 1.54) is 0 Å². The Balaban J connectivity index is 1.58. The minimum atomic E-state index is 0.181. The highest BCUT2D eigenvalue weighted by Crippen LogP contribution is 2.30. The SMILES string of the molecule is CC1CN(C(=O)C2CCC(N)C2)CC1N1CCOCC1. The third-order valence-corrected chi connectivity index (χ3v) is 5.22. The molecule has 1 aliphatic carbocycles. The molecule has 114 valence electrons. The highest BCUT2D eigenvalue weighted by Gasteiger charge is 2.39. The van der Waals surface area contributed by atoms with Crippen LogP contribution in [-0.2, 0) is 9.53 Å². The largest absolute Gasteiger partial charge is 0.379 e. The van der Waals surface area contributed by atoms with Gasteiger partial charge in [0.25, 0.3) is 0 Å². The van der Waals surface area contributed by atoms with Crippen LogP contribution in [-0.4, -0.2) is 67.2 Å². The topological polar surface area (TPSA) is 58.8 Å². The third-order valence-electron chi connectivity index (χ3n) is 5.22. The summed E-state index contributed by atoms with van der Waals surface area (Å²) in [5.74, 6) is 1.09. The Morgan fingerprint density at radius 2 is 1.95 bits per heavy atom. The first-order chi connectivity index (χ1) is 9.65. The summed E-state index contributed by atoms with van der Waals surface area (Å²) in [4.78, 5) is 17.2. The van der Waals surface area contributed by atoms with Gasteiger partial charge < -0.3 is 15.4 Å². The molecule has 0 aromatic rings. The fraction of sp³-hybridized carbons (Fsp3) is 0.933. The number of hydrogen-bond acceptors (Lipinski definition) is 4. The monoisotopic (exact) mass is 281 g/mol. The Kier molecular flexibility index (Phi) is 4.29. The van der Waals surface area contributed by atoms with Gasteiger partial charge in [-0.25, -0.2) is 0 Å². The van der Waals surface area contributed by atoms with Gasteiger partial charge in [0.15, 0.2) is 0 Å². The van der Waals surface area contributed by atoms with Crippen LogP contribution in [0.25, 0.3) is 0 Å². The molecule has 20 heavy (non-hydrogen) atoms. The lowest BCUT2D eigenvalue weighted by Crippen LogP contribution is -2.47. The van der Waals surface area contributed by atoms with Crippen molar-refractivity contribution in [2.24, 2.45) is 17.6 Å². The maximum absolute atomic E-state index is 12.6. The highest BCUT2D eigenvalue weighted by molar-refractivity contribution is 5.79. The van der Waals surface area contributed by atoms with Crippen molar-refractivity contribution in [1.29, 1.82) is 0 Å². The predicted octanol–water partition coefficient (Wildman–Crippen LogP) is 0.293. The molecule has 2 N–H and O–H groups in total. The van der Waals surface area contributed by atoms with Gasteiger partial charge in [0.05, 0.1) is 13.2 Å². The summed E-state index contributed by atoms with van der Waals surface area (Å²) in [6.07, 6.45) is 2.87. The first-order valence-electron chi connectivity index (χ1n) is 8.01. The van der Waals surface area contributed by atoms with E-state index >= 15 is 0 Å². The lowest BCUT2D eigenvalue weighted by molar-refractivity contribution is -0.134. The summed E-state index contributed by atoms with van der Waals surface area (Å²) in [7, 11) is 0. The summed E-state index contributed by atoms with van der Waals surface area (Å²) in [6, 6.07) is 0.747. The Labute approximate surface area is 121 Å². The lowest BCUT2D eigenvalue weighted by Gasteiger charge is -2.34. The second-order valence-corrected chi connectivity index (χ2v) is 6.71. The molecular formula is C15H27N3O2. The molecule has 0 aromatic carbocycles. The maximum Gasteiger partial charge on any atom is 0.225 e. The molecule has 4 unspecified atom stereocenters. The van der Waals surface area contributed by atoms with E-state index in [1.807, 2.05) is 0 Å². The van der Waals surface area contributed by atoms with Crippen molar-refractivity contribution in [2.45, 2.75) is 38.3 Å². The van der Waals surface area contributed by atoms with Crippen molar-refractivity contribution in [3.8, 4) is 0 Å². The molecule has 3 fully saturated rings. The van der Waals surface area contributed by atoms with Gasteiger partial charge in [-0.3, -0.25) is 9.69 Å². The smallest absolute Gasteiger partial charge is 0.225 e. The Morgan fingerprint density at radius 3 is 2.60 bits per heavy atom. The normalized spacial score (nSPS) is 39.4. The molecule has 4 atom stereocenters. The van der Waals surface area contributed by atoms with Gasteiger partial charge in [-0.1, -0.05) is 6.92 Å². The number of carbonyl (C=O) groups is 1. The molecule has 3 rings (SSSR count). The van der Waals surface area contributed by atoms with Crippen LogP contribution < -0.4 is 5.73 Å². The Bertz CT molecular complexity index is 357. The molecule has 1 saturated carbocycles. The van der Waals surface area contributed by atoms with Crippen LogP contribution >= 0.6 is 0 Å². The summed E-state index contributed by atoms with van der Waals surface area (Å²) in [6.45, 7) is 7.74. The number of nitrogens with two attached hydrogens (primary N) is 1. The fourth-order valence-electron chi connectivity index (χ4n) is 4.01. The van der Waals surface area contributed by atoms with Gasteiger partial charge in [0.1, 0.15) is 0 Å². The van der Waals surface area contributed by atoms with Crippen LogP contribution in [0.3, 0.4) is 0 Å². The van der Waals surface area contributed by atoms with Crippen molar-refractivity contribution in [3.05, 3.63) is 0 Å². The molecule has 0 radical (unpaired) electrons. The van der Waals surface area contributed by atoms with Crippen molar-refractivity contribution in [2.75, 3.05) is 39.4 Å². The zero-order valence-corrected chi connectivity index (χ0v) is 12.5. The molecule has 0 aromatic heterocycles. The van der Waals surface area contributed by atoms with E-state index < -0.39 is 0 Å². The van der Waals surface area contributed by atoms with Gasteiger partial charge in [-0.2, -0.15) is 0 Å². The van der Waals surface area contributed by atoms with Gasteiger partial charge in [0, 0.05) is 44.2 Å². The average Bonchev–Trinajstić information content (AvgIpc) is 3.05. The first-order valence-corrected chi connectivity index (χ1v) is 8.01. The zero-order chi connectivity index (χ0) is 14.1. The van der Waals surface area contributed by atoms with E-state index in [2.05, 4.69) is 16.7 Å². The summed E-state index contributed by atoms with van der Waals surface area (Å²) < 4.78 is 5.43. The van der Waals surface area contributed by atoms with Crippen LogP contribution in [0.15, 0.2) is 0 Å². The maximum atomic E-state index is 12.6. The highest BCUT2D eigenvalue weighted by atomic mass is 16.5. The predicted molar refractivity (Wildman–Crippen MR) is 77.2 cm³/mol. The second kappa shape index (κ2) is 6.00. The molecule has 0 spiro atoms. The molecule has 2 heterocycles. The van der Waals surface area contributed by atoms with Crippen LogP contribution in [0.2, 0.25) is 0 Å². The summed E-state index contributed by atoms with van der Waals surface area (Å²) >= 11 is 0. The number of nitrogens with zero attached hydrogens (tertiary/aromatic N) is 2. The van der Waals surface area contributed by atoms with Crippen LogP contribution in [0.4, 0.5) is 0 Å². The fourth-order valence-corrected chi connectivity index (χ4v) is 4.01. The molecule has 3 aliphatic rings. The zero-order valence-electron chi connectivity index (χ0n) is 12.5. The average molecular weight is 281 g/mol.